The molecule has 2 heterocycles. The highest BCUT2D eigenvalue weighted by molar-refractivity contribution is 7.89. The van der Waals surface area contributed by atoms with Crippen LogP contribution in [0.1, 0.15) is 23.2 Å². The Kier molecular flexibility index (Phi) is 3.67. The standard InChI is InChI=1S/C13H14N4O4S/c18-13(19)10-7-11(17-6-3-14-15-17)9-12(8-10)22(20,21)16-4-1-2-5-16/h3,6-9H,1-2,4-5H2,(H,18,19). The maximum atomic E-state index is 12.6. The van der Waals surface area contributed by atoms with Gasteiger partial charge >= 0.3 is 5.97 Å². The van der Waals surface area contributed by atoms with Crippen LogP contribution in [0.4, 0.5) is 0 Å². The molecule has 0 saturated carbocycles. The average Bonchev–Trinajstić information content (AvgIpc) is 3.20. The predicted molar refractivity (Wildman–Crippen MR) is 76.3 cm³/mol. The number of nitrogens with zero attached hydrogens (tertiary/aromatic N) is 4. The molecule has 0 aliphatic carbocycles. The lowest BCUT2D eigenvalue weighted by atomic mass is 10.2. The van der Waals surface area contributed by atoms with Crippen LogP contribution in [0.5, 0.6) is 0 Å². The first-order valence-corrected chi connectivity index (χ1v) is 8.18. The van der Waals surface area contributed by atoms with E-state index in [0.717, 1.165) is 12.8 Å². The Bertz CT molecular complexity index is 795. The number of sulfonamides is 1. The van der Waals surface area contributed by atoms with Crippen LogP contribution in [0.25, 0.3) is 5.69 Å². The van der Waals surface area contributed by atoms with Crippen molar-refractivity contribution in [3.05, 3.63) is 36.2 Å². The number of carboxylic acid groups (broad SMARTS) is 1. The van der Waals surface area contributed by atoms with Gasteiger partial charge in [-0.2, -0.15) is 4.31 Å². The van der Waals surface area contributed by atoms with Crippen molar-refractivity contribution in [2.24, 2.45) is 0 Å². The largest absolute Gasteiger partial charge is 0.478 e. The molecule has 116 valence electrons. The Morgan fingerprint density at radius 1 is 1.18 bits per heavy atom. The molecule has 22 heavy (non-hydrogen) atoms. The van der Waals surface area contributed by atoms with Gasteiger partial charge in [0.1, 0.15) is 0 Å². The fraction of sp³-hybridized carbons (Fsp3) is 0.308. The zero-order valence-electron chi connectivity index (χ0n) is 11.6. The van der Waals surface area contributed by atoms with Crippen LogP contribution in [0, 0.1) is 0 Å². The van der Waals surface area contributed by atoms with Crippen LogP contribution < -0.4 is 0 Å². The van der Waals surface area contributed by atoms with Gasteiger partial charge in [0.05, 0.1) is 28.5 Å². The molecule has 1 N–H and O–H groups in total. The summed E-state index contributed by atoms with van der Waals surface area (Å²) >= 11 is 0. The van der Waals surface area contributed by atoms with Crippen LogP contribution in [-0.2, 0) is 10.0 Å². The van der Waals surface area contributed by atoms with Crippen molar-refractivity contribution in [2.75, 3.05) is 13.1 Å². The fourth-order valence-corrected chi connectivity index (χ4v) is 3.99. The zero-order chi connectivity index (χ0) is 15.7. The molecule has 1 aliphatic heterocycles. The van der Waals surface area contributed by atoms with Crippen molar-refractivity contribution in [1.29, 1.82) is 0 Å². The molecule has 1 saturated heterocycles. The number of hydrogen-bond donors (Lipinski definition) is 1. The first-order valence-electron chi connectivity index (χ1n) is 6.74. The third kappa shape index (κ3) is 2.60. The van der Waals surface area contributed by atoms with Gasteiger partial charge in [0.2, 0.25) is 10.0 Å². The first kappa shape index (κ1) is 14.7. The molecule has 2 aromatic rings. The van der Waals surface area contributed by atoms with Gasteiger partial charge in [-0.05, 0) is 31.0 Å². The van der Waals surface area contributed by atoms with E-state index >= 15 is 0 Å². The molecule has 0 spiro atoms. The zero-order valence-corrected chi connectivity index (χ0v) is 12.4. The molecule has 9 heteroatoms. The molecule has 0 unspecified atom stereocenters. The number of hydrogen-bond acceptors (Lipinski definition) is 5. The van der Waals surface area contributed by atoms with E-state index in [2.05, 4.69) is 10.3 Å². The first-order chi connectivity index (χ1) is 10.5. The van der Waals surface area contributed by atoms with E-state index in [0.29, 0.717) is 18.8 Å². The number of aromatic carboxylic acids is 1. The maximum Gasteiger partial charge on any atom is 0.335 e. The Labute approximate surface area is 127 Å². The van der Waals surface area contributed by atoms with Gasteiger partial charge in [-0.15, -0.1) is 5.10 Å². The van der Waals surface area contributed by atoms with E-state index in [1.807, 2.05) is 0 Å². The Morgan fingerprint density at radius 3 is 2.50 bits per heavy atom. The summed E-state index contributed by atoms with van der Waals surface area (Å²) in [4.78, 5) is 11.2. The lowest BCUT2D eigenvalue weighted by molar-refractivity contribution is 0.0696. The lowest BCUT2D eigenvalue weighted by Gasteiger charge is -2.16. The Balaban J connectivity index is 2.13. The number of aromatic nitrogens is 3. The third-order valence-electron chi connectivity index (χ3n) is 3.53. The van der Waals surface area contributed by atoms with E-state index in [4.69, 9.17) is 0 Å². The van der Waals surface area contributed by atoms with Gasteiger partial charge < -0.3 is 5.11 Å². The minimum atomic E-state index is -3.70. The Hall–Kier alpha value is -2.26. The number of carbonyl (C=O) groups is 1. The summed E-state index contributed by atoms with van der Waals surface area (Å²) in [6.45, 7) is 0.913. The summed E-state index contributed by atoms with van der Waals surface area (Å²) in [6.07, 6.45) is 4.58. The molecule has 0 radical (unpaired) electrons. The quantitative estimate of drug-likeness (QED) is 0.890. The van der Waals surface area contributed by atoms with E-state index in [1.54, 1.807) is 0 Å². The maximum absolute atomic E-state index is 12.6. The highest BCUT2D eigenvalue weighted by atomic mass is 32.2. The Morgan fingerprint density at radius 2 is 1.91 bits per heavy atom. The summed E-state index contributed by atoms with van der Waals surface area (Å²) in [5.41, 5.74) is 0.237. The second-order valence-corrected chi connectivity index (χ2v) is 6.92. The highest BCUT2D eigenvalue weighted by Gasteiger charge is 2.28. The second-order valence-electron chi connectivity index (χ2n) is 4.98. The summed E-state index contributed by atoms with van der Waals surface area (Å²) in [7, 11) is -3.70. The number of carboxylic acids is 1. The van der Waals surface area contributed by atoms with Gasteiger partial charge in [-0.25, -0.2) is 17.9 Å². The van der Waals surface area contributed by atoms with Crippen molar-refractivity contribution in [3.8, 4) is 5.69 Å². The third-order valence-corrected chi connectivity index (χ3v) is 5.40. The molecule has 1 fully saturated rings. The molecule has 0 bridgehead atoms. The van der Waals surface area contributed by atoms with Crippen molar-refractivity contribution in [2.45, 2.75) is 17.7 Å². The molecule has 8 nitrogen and oxygen atoms in total. The van der Waals surface area contributed by atoms with E-state index in [-0.39, 0.29) is 10.5 Å². The van der Waals surface area contributed by atoms with Crippen LogP contribution in [0.2, 0.25) is 0 Å². The molecule has 1 aromatic heterocycles. The predicted octanol–water partition coefficient (Wildman–Crippen LogP) is 0.750. The van der Waals surface area contributed by atoms with Crippen molar-refractivity contribution in [3.63, 3.8) is 0 Å². The molecule has 0 amide bonds. The van der Waals surface area contributed by atoms with Crippen molar-refractivity contribution in [1.82, 2.24) is 19.3 Å². The van der Waals surface area contributed by atoms with E-state index in [1.165, 1.54) is 39.6 Å². The minimum absolute atomic E-state index is 0.0419. The minimum Gasteiger partial charge on any atom is -0.478 e. The van der Waals surface area contributed by atoms with Crippen molar-refractivity contribution >= 4 is 16.0 Å². The summed E-state index contributed by atoms with van der Waals surface area (Å²) in [5.74, 6) is -1.19. The van der Waals surface area contributed by atoms with Gasteiger partial charge in [0, 0.05) is 13.1 Å². The molecule has 0 atom stereocenters. The summed E-state index contributed by atoms with van der Waals surface area (Å²) < 4.78 is 27.9. The summed E-state index contributed by atoms with van der Waals surface area (Å²) in [6, 6.07) is 3.95. The molecular formula is C13H14N4O4S. The van der Waals surface area contributed by atoms with Gasteiger partial charge in [-0.1, -0.05) is 5.21 Å². The normalized spacial score (nSPS) is 16.0. The molecule has 1 aromatic carbocycles. The SMILES string of the molecule is O=C(O)c1cc(-n2ccnn2)cc(S(=O)(=O)N2CCCC2)c1. The van der Waals surface area contributed by atoms with Gasteiger partial charge in [-0.3, -0.25) is 0 Å². The topological polar surface area (TPSA) is 105 Å². The lowest BCUT2D eigenvalue weighted by Crippen LogP contribution is -2.28. The van der Waals surface area contributed by atoms with Gasteiger partial charge in [0.15, 0.2) is 0 Å². The highest BCUT2D eigenvalue weighted by Crippen LogP contribution is 2.24. The molecule has 1 aliphatic rings. The fourth-order valence-electron chi connectivity index (χ4n) is 2.41. The summed E-state index contributed by atoms with van der Waals surface area (Å²) in [5, 5.41) is 16.6. The smallest absolute Gasteiger partial charge is 0.335 e. The average molecular weight is 322 g/mol. The van der Waals surface area contributed by atoms with Crippen LogP contribution in [-0.4, -0.2) is 51.9 Å². The number of rotatable bonds is 4. The molecular weight excluding hydrogens is 308 g/mol. The van der Waals surface area contributed by atoms with Crippen LogP contribution >= 0.6 is 0 Å². The van der Waals surface area contributed by atoms with E-state index < -0.39 is 16.0 Å². The second kappa shape index (κ2) is 5.50. The van der Waals surface area contributed by atoms with Gasteiger partial charge in [0.25, 0.3) is 0 Å². The van der Waals surface area contributed by atoms with Crippen LogP contribution in [0.3, 0.4) is 0 Å². The van der Waals surface area contributed by atoms with Crippen LogP contribution in [0.15, 0.2) is 35.5 Å². The number of benzene rings is 1. The van der Waals surface area contributed by atoms with E-state index in [9.17, 15) is 18.3 Å². The van der Waals surface area contributed by atoms with Crippen molar-refractivity contribution < 1.29 is 18.3 Å². The monoisotopic (exact) mass is 322 g/mol. The molecule has 3 rings (SSSR count).